The summed E-state index contributed by atoms with van der Waals surface area (Å²) in [6.45, 7) is 3.80. The van der Waals surface area contributed by atoms with E-state index in [1.807, 2.05) is 7.05 Å². The van der Waals surface area contributed by atoms with Gasteiger partial charge in [-0.1, -0.05) is 26.2 Å². The van der Waals surface area contributed by atoms with Crippen LogP contribution in [-0.4, -0.2) is 60.9 Å². The predicted octanol–water partition coefficient (Wildman–Crippen LogP) is 1.15. The van der Waals surface area contributed by atoms with Crippen LogP contribution < -0.4 is 5.32 Å². The molecule has 0 aromatic carbocycles. The Bertz CT molecular complexity index is 337. The van der Waals surface area contributed by atoms with Crippen LogP contribution in [0.15, 0.2) is 0 Å². The van der Waals surface area contributed by atoms with Crippen molar-refractivity contribution in [2.24, 2.45) is 5.92 Å². The zero-order valence-corrected chi connectivity index (χ0v) is 13.4. The Hall–Kier alpha value is -0.650. The topological polar surface area (TPSA) is 61.8 Å². The number of aliphatic hydroxyl groups is 1. The van der Waals surface area contributed by atoms with Crippen molar-refractivity contribution in [1.29, 1.82) is 0 Å². The van der Waals surface area contributed by atoms with Crippen molar-refractivity contribution in [3.8, 4) is 0 Å². The molecule has 122 valence electrons. The first-order chi connectivity index (χ1) is 10.1. The van der Waals surface area contributed by atoms with Gasteiger partial charge in [-0.15, -0.1) is 0 Å². The van der Waals surface area contributed by atoms with E-state index in [0.717, 1.165) is 25.8 Å². The fraction of sp³-hybridized carbons (Fsp3) is 0.938. The number of likely N-dealkylation sites (tertiary alicyclic amines) is 1. The highest BCUT2D eigenvalue weighted by Crippen LogP contribution is 2.29. The number of hydrogen-bond donors (Lipinski definition) is 2. The van der Waals surface area contributed by atoms with Gasteiger partial charge in [0.1, 0.15) is 0 Å². The first-order valence-corrected chi connectivity index (χ1v) is 8.39. The lowest BCUT2D eigenvalue weighted by Gasteiger charge is -2.31. The lowest BCUT2D eigenvalue weighted by molar-refractivity contribution is -0.128. The van der Waals surface area contributed by atoms with E-state index in [1.54, 1.807) is 4.90 Å². The third kappa shape index (κ3) is 4.66. The number of likely N-dealkylation sites (N-methyl/N-ethyl adjacent to an activating group) is 1. The molecule has 5 nitrogen and oxygen atoms in total. The third-order valence-electron chi connectivity index (χ3n) is 4.89. The van der Waals surface area contributed by atoms with Gasteiger partial charge in [-0.05, 0) is 25.2 Å². The van der Waals surface area contributed by atoms with E-state index in [9.17, 15) is 9.90 Å². The van der Waals surface area contributed by atoms with Crippen molar-refractivity contribution >= 4 is 5.91 Å². The molecular weight excluding hydrogens is 268 g/mol. The molecule has 5 heteroatoms. The van der Waals surface area contributed by atoms with Gasteiger partial charge in [0.15, 0.2) is 0 Å². The fourth-order valence-electron chi connectivity index (χ4n) is 3.44. The molecule has 1 saturated carbocycles. The summed E-state index contributed by atoms with van der Waals surface area (Å²) in [5.74, 6) is 0.769. The number of amides is 1. The monoisotopic (exact) mass is 298 g/mol. The SMILES string of the molecule is CCC1CCCCC1OCC(O)CNC1CCN(C)C1=O. The second-order valence-electron chi connectivity index (χ2n) is 6.49. The van der Waals surface area contributed by atoms with Crippen LogP contribution in [0.3, 0.4) is 0 Å². The van der Waals surface area contributed by atoms with Crippen LogP contribution in [0.1, 0.15) is 45.4 Å². The normalized spacial score (nSPS) is 31.7. The molecule has 4 atom stereocenters. The molecule has 0 bridgehead atoms. The van der Waals surface area contributed by atoms with Crippen molar-refractivity contribution in [3.05, 3.63) is 0 Å². The van der Waals surface area contributed by atoms with Gasteiger partial charge in [0.05, 0.1) is 24.9 Å². The van der Waals surface area contributed by atoms with Crippen molar-refractivity contribution in [2.75, 3.05) is 26.7 Å². The second kappa shape index (κ2) is 8.11. The lowest BCUT2D eigenvalue weighted by Crippen LogP contribution is -2.42. The largest absolute Gasteiger partial charge is 0.389 e. The van der Waals surface area contributed by atoms with E-state index in [4.69, 9.17) is 4.74 Å². The minimum atomic E-state index is -0.539. The summed E-state index contributed by atoms with van der Waals surface area (Å²) < 4.78 is 5.93. The summed E-state index contributed by atoms with van der Waals surface area (Å²) in [4.78, 5) is 13.5. The zero-order valence-electron chi connectivity index (χ0n) is 13.4. The predicted molar refractivity (Wildman–Crippen MR) is 82.0 cm³/mol. The van der Waals surface area contributed by atoms with E-state index in [2.05, 4.69) is 12.2 Å². The molecule has 1 aliphatic carbocycles. The van der Waals surface area contributed by atoms with Gasteiger partial charge in [0.25, 0.3) is 0 Å². The molecule has 1 saturated heterocycles. The van der Waals surface area contributed by atoms with Crippen molar-refractivity contribution in [2.45, 2.75) is 63.7 Å². The van der Waals surface area contributed by atoms with Crippen LogP contribution in [-0.2, 0) is 9.53 Å². The van der Waals surface area contributed by atoms with E-state index in [1.165, 1.54) is 19.3 Å². The number of rotatable bonds is 7. The summed E-state index contributed by atoms with van der Waals surface area (Å²) in [5, 5.41) is 13.2. The maximum Gasteiger partial charge on any atom is 0.239 e. The summed E-state index contributed by atoms with van der Waals surface area (Å²) in [6.07, 6.45) is 6.65. The van der Waals surface area contributed by atoms with Crippen LogP contribution in [0.4, 0.5) is 0 Å². The van der Waals surface area contributed by atoms with Crippen LogP contribution in [0.25, 0.3) is 0 Å². The first-order valence-electron chi connectivity index (χ1n) is 8.39. The van der Waals surface area contributed by atoms with Gasteiger partial charge in [0, 0.05) is 20.1 Å². The van der Waals surface area contributed by atoms with Crippen molar-refractivity contribution < 1.29 is 14.6 Å². The second-order valence-corrected chi connectivity index (χ2v) is 6.49. The Labute approximate surface area is 128 Å². The van der Waals surface area contributed by atoms with Crippen LogP contribution in [0.2, 0.25) is 0 Å². The van der Waals surface area contributed by atoms with Crippen LogP contribution in [0.5, 0.6) is 0 Å². The summed E-state index contributed by atoms with van der Waals surface area (Å²) in [5.41, 5.74) is 0. The first kappa shape index (κ1) is 16.7. The number of carbonyl (C=O) groups excluding carboxylic acids is 1. The van der Waals surface area contributed by atoms with Gasteiger partial charge in [0.2, 0.25) is 5.91 Å². The van der Waals surface area contributed by atoms with Gasteiger partial charge in [-0.25, -0.2) is 0 Å². The maximum absolute atomic E-state index is 11.8. The molecule has 0 radical (unpaired) electrons. The number of nitrogens with zero attached hydrogens (tertiary/aromatic N) is 1. The Morgan fingerprint density at radius 2 is 2.14 bits per heavy atom. The Balaban J connectivity index is 1.65. The standard InChI is InChI=1S/C16H30N2O3/c1-3-12-6-4-5-7-15(12)21-11-13(19)10-17-14-8-9-18(2)16(14)20/h12-15,17,19H,3-11H2,1-2H3. The molecule has 2 fully saturated rings. The lowest BCUT2D eigenvalue weighted by atomic mass is 9.85. The average Bonchev–Trinajstić information content (AvgIpc) is 2.82. The molecule has 0 aromatic rings. The molecule has 2 rings (SSSR count). The summed E-state index contributed by atoms with van der Waals surface area (Å²) >= 11 is 0. The minimum absolute atomic E-state index is 0.126. The number of nitrogens with one attached hydrogen (secondary N) is 1. The van der Waals surface area contributed by atoms with Gasteiger partial charge < -0.3 is 20.1 Å². The van der Waals surface area contributed by atoms with Crippen molar-refractivity contribution in [1.82, 2.24) is 10.2 Å². The number of ether oxygens (including phenoxy) is 1. The molecule has 21 heavy (non-hydrogen) atoms. The summed E-state index contributed by atoms with van der Waals surface area (Å²) in [6, 6.07) is -0.136. The van der Waals surface area contributed by atoms with Crippen LogP contribution in [0, 0.1) is 5.92 Å². The van der Waals surface area contributed by atoms with E-state index < -0.39 is 6.10 Å². The number of aliphatic hydroxyl groups excluding tert-OH is 1. The van der Waals surface area contributed by atoms with Gasteiger partial charge in [-0.2, -0.15) is 0 Å². The molecule has 4 unspecified atom stereocenters. The Morgan fingerprint density at radius 3 is 2.81 bits per heavy atom. The molecule has 2 N–H and O–H groups in total. The fourth-order valence-corrected chi connectivity index (χ4v) is 3.44. The molecule has 2 aliphatic rings. The average molecular weight is 298 g/mol. The third-order valence-corrected chi connectivity index (χ3v) is 4.89. The van der Waals surface area contributed by atoms with Gasteiger partial charge >= 0.3 is 0 Å². The van der Waals surface area contributed by atoms with E-state index >= 15 is 0 Å². The maximum atomic E-state index is 11.8. The molecule has 0 aromatic heterocycles. The zero-order chi connectivity index (χ0) is 15.2. The van der Waals surface area contributed by atoms with E-state index in [0.29, 0.717) is 25.2 Å². The smallest absolute Gasteiger partial charge is 0.239 e. The Morgan fingerprint density at radius 1 is 1.38 bits per heavy atom. The van der Waals surface area contributed by atoms with E-state index in [-0.39, 0.29) is 11.9 Å². The van der Waals surface area contributed by atoms with Crippen molar-refractivity contribution in [3.63, 3.8) is 0 Å². The number of hydrogen-bond acceptors (Lipinski definition) is 4. The number of carbonyl (C=O) groups is 1. The molecule has 0 spiro atoms. The minimum Gasteiger partial charge on any atom is -0.389 e. The molecule has 1 amide bonds. The highest BCUT2D eigenvalue weighted by atomic mass is 16.5. The molecular formula is C16H30N2O3. The highest BCUT2D eigenvalue weighted by Gasteiger charge is 2.29. The Kier molecular flexibility index (Phi) is 6.45. The summed E-state index contributed by atoms with van der Waals surface area (Å²) in [7, 11) is 1.82. The molecule has 1 aliphatic heterocycles. The van der Waals surface area contributed by atoms with Crippen LogP contribution >= 0.6 is 0 Å². The quantitative estimate of drug-likeness (QED) is 0.740. The molecule has 1 heterocycles. The van der Waals surface area contributed by atoms with Gasteiger partial charge in [-0.3, -0.25) is 4.79 Å². The highest BCUT2D eigenvalue weighted by molar-refractivity contribution is 5.83.